The van der Waals surface area contributed by atoms with Crippen molar-refractivity contribution in [2.45, 2.75) is 115 Å². The van der Waals surface area contributed by atoms with Crippen molar-refractivity contribution in [2.75, 3.05) is 19.8 Å². The number of carbonyl (C=O) groups is 1. The molecule has 9 nitrogen and oxygen atoms in total. The number of para-hydroxylation sites is 2. The Morgan fingerprint density at radius 2 is 1.67 bits per heavy atom. The predicted octanol–water partition coefficient (Wildman–Crippen LogP) is 4.98. The number of hydrogen-bond acceptors (Lipinski definition) is 8. The first-order valence-electron chi connectivity index (χ1n) is 16.3. The molecular formula is C33H46N4O5. The Balaban J connectivity index is 1.32. The quantitative estimate of drug-likeness (QED) is 0.183. The number of esters is 1. The zero-order chi connectivity index (χ0) is 29.1. The third-order valence-electron chi connectivity index (χ3n) is 10.2. The van der Waals surface area contributed by atoms with Gasteiger partial charge in [-0.2, -0.15) is 0 Å². The standard InChI is InChI=1S/C33H46N4O5/c1-2-41-31(39)14-13-29(35-42-16-15-38)32-33(40)37(30-12-4-3-11-28(30)34-32)27-20-24-9-6-10-25(21-27)36(24)26-18-22-7-5-8-23(17-22)19-26/h3-4,11-12,22-27,38H,2,5-10,13-21H2,1H3/t22?,23?,24-,25?,26?,27?/m0/s1. The zero-order valence-corrected chi connectivity index (χ0v) is 25.0. The van der Waals surface area contributed by atoms with Gasteiger partial charge in [0.25, 0.3) is 5.56 Å². The maximum absolute atomic E-state index is 14.3. The van der Waals surface area contributed by atoms with Crippen LogP contribution in [0.3, 0.4) is 0 Å². The lowest BCUT2D eigenvalue weighted by molar-refractivity contribution is -0.142. The molecule has 0 spiro atoms. The summed E-state index contributed by atoms with van der Waals surface area (Å²) in [4.78, 5) is 39.5. The molecule has 9 heteroatoms. The van der Waals surface area contributed by atoms with E-state index in [1.54, 1.807) is 6.92 Å². The smallest absolute Gasteiger partial charge is 0.306 e. The fourth-order valence-corrected chi connectivity index (χ4v) is 8.67. The molecule has 2 aliphatic carbocycles. The van der Waals surface area contributed by atoms with Gasteiger partial charge in [-0.15, -0.1) is 0 Å². The van der Waals surface area contributed by atoms with Crippen LogP contribution in [0.15, 0.2) is 34.2 Å². The highest BCUT2D eigenvalue weighted by Gasteiger charge is 2.45. The van der Waals surface area contributed by atoms with E-state index in [-0.39, 0.29) is 55.9 Å². The summed E-state index contributed by atoms with van der Waals surface area (Å²) >= 11 is 0. The second-order valence-electron chi connectivity index (χ2n) is 12.9. The first kappa shape index (κ1) is 29.3. The summed E-state index contributed by atoms with van der Waals surface area (Å²) in [6.45, 7) is 1.85. The number of aromatic nitrogens is 2. The summed E-state index contributed by atoms with van der Waals surface area (Å²) in [5.41, 5.74) is 1.91. The van der Waals surface area contributed by atoms with E-state index in [0.29, 0.717) is 23.8 Å². The Morgan fingerprint density at radius 1 is 0.952 bits per heavy atom. The lowest BCUT2D eigenvalue weighted by Crippen LogP contribution is -2.58. The summed E-state index contributed by atoms with van der Waals surface area (Å²) in [6, 6.07) is 9.59. The van der Waals surface area contributed by atoms with Crippen molar-refractivity contribution in [1.82, 2.24) is 14.5 Å². The van der Waals surface area contributed by atoms with Crippen LogP contribution in [0.2, 0.25) is 0 Å². The van der Waals surface area contributed by atoms with E-state index in [1.807, 2.05) is 28.8 Å². The lowest BCUT2D eigenvalue weighted by Gasteiger charge is -2.55. The van der Waals surface area contributed by atoms with Gasteiger partial charge in [-0.05, 0) is 75.8 Å². The van der Waals surface area contributed by atoms with E-state index < -0.39 is 0 Å². The van der Waals surface area contributed by atoms with E-state index >= 15 is 0 Å². The molecular weight excluding hydrogens is 532 g/mol. The number of aliphatic hydroxyl groups is 1. The molecule has 42 heavy (non-hydrogen) atoms. The maximum atomic E-state index is 14.3. The molecule has 0 amide bonds. The fraction of sp³-hybridized carbons (Fsp3) is 0.697. The van der Waals surface area contributed by atoms with Crippen LogP contribution in [0.4, 0.5) is 0 Å². The number of hydrogen-bond donors (Lipinski definition) is 1. The van der Waals surface area contributed by atoms with Crippen molar-refractivity contribution in [3.05, 3.63) is 40.3 Å². The molecule has 1 aromatic heterocycles. The lowest BCUT2D eigenvalue weighted by atomic mass is 9.68. The van der Waals surface area contributed by atoms with Gasteiger partial charge in [-0.25, -0.2) is 4.98 Å². The Labute approximate surface area is 248 Å². The third kappa shape index (κ3) is 6.13. The SMILES string of the molecule is CCOC(=O)CCC(=NOCCO)c1nc2ccccc2n(C2CC3CCC[C@@H](C2)N3C2CC3CCCC(C3)C2)c1=O. The van der Waals surface area contributed by atoms with Crippen LogP contribution in [0.1, 0.15) is 102 Å². The first-order valence-corrected chi connectivity index (χ1v) is 16.3. The van der Waals surface area contributed by atoms with Crippen molar-refractivity contribution in [1.29, 1.82) is 0 Å². The zero-order valence-electron chi connectivity index (χ0n) is 25.0. The van der Waals surface area contributed by atoms with Gasteiger partial charge in [0.1, 0.15) is 12.3 Å². The minimum Gasteiger partial charge on any atom is -0.466 e. The molecule has 3 heterocycles. The molecule has 4 aliphatic rings. The van der Waals surface area contributed by atoms with Crippen LogP contribution < -0.4 is 5.56 Å². The van der Waals surface area contributed by atoms with Crippen molar-refractivity contribution in [3.8, 4) is 0 Å². The van der Waals surface area contributed by atoms with Gasteiger partial charge in [0, 0.05) is 30.6 Å². The summed E-state index contributed by atoms with van der Waals surface area (Å²) < 4.78 is 7.09. The van der Waals surface area contributed by atoms with Crippen molar-refractivity contribution in [3.63, 3.8) is 0 Å². The molecule has 2 aromatic rings. The number of ether oxygens (including phenoxy) is 1. The molecule has 2 aliphatic heterocycles. The average molecular weight is 579 g/mol. The summed E-state index contributed by atoms with van der Waals surface area (Å²) in [5.74, 6) is 1.44. The molecule has 228 valence electrons. The Kier molecular flexibility index (Phi) is 9.24. The number of aliphatic hydroxyl groups excluding tert-OH is 1. The van der Waals surface area contributed by atoms with Gasteiger partial charge in [-0.3, -0.25) is 14.5 Å². The predicted molar refractivity (Wildman–Crippen MR) is 161 cm³/mol. The number of nitrogens with zero attached hydrogens (tertiary/aromatic N) is 4. The molecule has 4 unspecified atom stereocenters. The van der Waals surface area contributed by atoms with Gasteiger partial charge >= 0.3 is 5.97 Å². The average Bonchev–Trinajstić information content (AvgIpc) is 2.98. The summed E-state index contributed by atoms with van der Waals surface area (Å²) in [6.07, 6.45) is 14.2. The van der Waals surface area contributed by atoms with Crippen LogP contribution in [-0.4, -0.2) is 69.2 Å². The molecule has 6 rings (SSSR count). The Hall–Kier alpha value is -2.78. The molecule has 1 N–H and O–H groups in total. The van der Waals surface area contributed by atoms with E-state index in [9.17, 15) is 14.7 Å². The highest BCUT2D eigenvalue weighted by atomic mass is 16.6. The molecule has 0 radical (unpaired) electrons. The number of fused-ring (bicyclic) bond motifs is 5. The van der Waals surface area contributed by atoms with Gasteiger partial charge in [0.15, 0.2) is 5.69 Å². The van der Waals surface area contributed by atoms with Crippen LogP contribution >= 0.6 is 0 Å². The maximum Gasteiger partial charge on any atom is 0.306 e. The summed E-state index contributed by atoms with van der Waals surface area (Å²) in [5, 5.41) is 13.4. The van der Waals surface area contributed by atoms with Crippen LogP contribution in [-0.2, 0) is 14.4 Å². The fourth-order valence-electron chi connectivity index (χ4n) is 8.67. The monoisotopic (exact) mass is 578 g/mol. The molecule has 2 saturated carbocycles. The molecule has 4 bridgehead atoms. The highest BCUT2D eigenvalue weighted by Crippen LogP contribution is 2.47. The second kappa shape index (κ2) is 13.2. The number of benzene rings is 1. The van der Waals surface area contributed by atoms with Gasteiger partial charge in [0.2, 0.25) is 0 Å². The van der Waals surface area contributed by atoms with Crippen LogP contribution in [0.5, 0.6) is 0 Å². The van der Waals surface area contributed by atoms with Gasteiger partial charge in [-0.1, -0.05) is 43.0 Å². The molecule has 1 aromatic carbocycles. The normalized spacial score (nSPS) is 29.8. The van der Waals surface area contributed by atoms with Crippen molar-refractivity contribution >= 4 is 22.7 Å². The van der Waals surface area contributed by atoms with E-state index in [1.165, 1.54) is 57.8 Å². The van der Waals surface area contributed by atoms with Crippen LogP contribution in [0.25, 0.3) is 11.0 Å². The van der Waals surface area contributed by atoms with E-state index in [2.05, 4.69) is 10.1 Å². The number of carbonyl (C=O) groups excluding carboxylic acids is 1. The minimum atomic E-state index is -0.361. The van der Waals surface area contributed by atoms with E-state index in [4.69, 9.17) is 14.6 Å². The third-order valence-corrected chi connectivity index (χ3v) is 10.2. The number of piperidine rings is 2. The molecule has 2 saturated heterocycles. The van der Waals surface area contributed by atoms with Crippen molar-refractivity contribution in [2.24, 2.45) is 17.0 Å². The van der Waals surface area contributed by atoms with E-state index in [0.717, 1.165) is 35.7 Å². The Morgan fingerprint density at radius 3 is 2.38 bits per heavy atom. The Bertz CT molecular complexity index is 1320. The number of oxime groups is 1. The van der Waals surface area contributed by atoms with Crippen LogP contribution in [0, 0.1) is 11.8 Å². The number of rotatable bonds is 10. The molecule has 5 atom stereocenters. The highest BCUT2D eigenvalue weighted by molar-refractivity contribution is 6.00. The molecule has 4 fully saturated rings. The van der Waals surface area contributed by atoms with Crippen molar-refractivity contribution < 1.29 is 19.5 Å². The first-order chi connectivity index (χ1) is 20.6. The van der Waals surface area contributed by atoms with Gasteiger partial charge < -0.3 is 19.2 Å². The summed E-state index contributed by atoms with van der Waals surface area (Å²) in [7, 11) is 0. The topological polar surface area (TPSA) is 106 Å². The minimum absolute atomic E-state index is 0.00458. The second-order valence-corrected chi connectivity index (χ2v) is 12.9. The largest absolute Gasteiger partial charge is 0.466 e. The van der Waals surface area contributed by atoms with Gasteiger partial charge in [0.05, 0.1) is 30.7 Å².